The van der Waals surface area contributed by atoms with E-state index in [9.17, 15) is 14.4 Å². The third-order valence-electron chi connectivity index (χ3n) is 4.83. The Kier molecular flexibility index (Phi) is 6.70. The van der Waals surface area contributed by atoms with Crippen molar-refractivity contribution in [1.29, 1.82) is 0 Å². The molecule has 0 radical (unpaired) electrons. The SMILES string of the molecule is CC[C@H]1CCc2sc(C(=O)NNC(=O)CNC(=O)c3ccccc3Cl)cc2C1. The zero-order valence-corrected chi connectivity index (χ0v) is 17.1. The number of hydrazine groups is 1. The molecule has 8 heteroatoms. The van der Waals surface area contributed by atoms with Crippen molar-refractivity contribution in [3.05, 3.63) is 56.2 Å². The molecule has 6 nitrogen and oxygen atoms in total. The first kappa shape index (κ1) is 20.4. The molecule has 1 aliphatic rings. The van der Waals surface area contributed by atoms with Gasteiger partial charge in [-0.15, -0.1) is 11.3 Å². The predicted octanol–water partition coefficient (Wildman–Crippen LogP) is 3.11. The van der Waals surface area contributed by atoms with Gasteiger partial charge in [-0.05, 0) is 48.9 Å². The highest BCUT2D eigenvalue weighted by Crippen LogP contribution is 2.33. The Morgan fingerprint density at radius 2 is 1.96 bits per heavy atom. The predicted molar refractivity (Wildman–Crippen MR) is 110 cm³/mol. The Hall–Kier alpha value is -2.38. The van der Waals surface area contributed by atoms with E-state index in [1.165, 1.54) is 21.8 Å². The number of hydrogen-bond donors (Lipinski definition) is 3. The number of carbonyl (C=O) groups is 3. The first-order chi connectivity index (χ1) is 13.5. The van der Waals surface area contributed by atoms with Gasteiger partial charge in [0.05, 0.1) is 22.0 Å². The smallest absolute Gasteiger partial charge is 0.279 e. The zero-order chi connectivity index (χ0) is 20.1. The fourth-order valence-electron chi connectivity index (χ4n) is 3.19. The van der Waals surface area contributed by atoms with Gasteiger partial charge in [0.25, 0.3) is 17.7 Å². The third kappa shape index (κ3) is 4.91. The van der Waals surface area contributed by atoms with Crippen molar-refractivity contribution in [3.63, 3.8) is 0 Å². The summed E-state index contributed by atoms with van der Waals surface area (Å²) in [7, 11) is 0. The summed E-state index contributed by atoms with van der Waals surface area (Å²) in [5, 5.41) is 2.78. The van der Waals surface area contributed by atoms with Crippen LogP contribution in [0.3, 0.4) is 0 Å². The molecule has 1 aromatic heterocycles. The number of amides is 3. The van der Waals surface area contributed by atoms with Crippen LogP contribution in [0.2, 0.25) is 5.02 Å². The summed E-state index contributed by atoms with van der Waals surface area (Å²) in [6.45, 7) is 1.92. The molecule has 0 unspecified atom stereocenters. The van der Waals surface area contributed by atoms with Crippen molar-refractivity contribution >= 4 is 40.7 Å². The quantitative estimate of drug-likeness (QED) is 0.651. The van der Waals surface area contributed by atoms with Crippen molar-refractivity contribution < 1.29 is 14.4 Å². The molecule has 0 aliphatic heterocycles. The minimum absolute atomic E-state index is 0.274. The van der Waals surface area contributed by atoms with Gasteiger partial charge in [-0.25, -0.2) is 0 Å². The first-order valence-corrected chi connectivity index (χ1v) is 10.4. The first-order valence-electron chi connectivity index (χ1n) is 9.21. The van der Waals surface area contributed by atoms with Gasteiger partial charge in [-0.2, -0.15) is 0 Å². The fraction of sp³-hybridized carbons (Fsp3) is 0.350. The van der Waals surface area contributed by atoms with E-state index >= 15 is 0 Å². The topological polar surface area (TPSA) is 87.3 Å². The second kappa shape index (κ2) is 9.21. The summed E-state index contributed by atoms with van der Waals surface area (Å²) in [6.07, 6.45) is 4.32. The second-order valence-corrected chi connectivity index (χ2v) is 8.28. The number of rotatable bonds is 5. The molecule has 0 saturated carbocycles. The summed E-state index contributed by atoms with van der Waals surface area (Å²) < 4.78 is 0. The molecule has 1 aliphatic carbocycles. The molecule has 3 amide bonds. The van der Waals surface area contributed by atoms with Gasteiger partial charge < -0.3 is 5.32 Å². The highest BCUT2D eigenvalue weighted by molar-refractivity contribution is 7.14. The van der Waals surface area contributed by atoms with Gasteiger partial charge in [0.15, 0.2) is 0 Å². The van der Waals surface area contributed by atoms with Gasteiger partial charge in [-0.3, -0.25) is 25.2 Å². The lowest BCUT2D eigenvalue weighted by Gasteiger charge is -2.19. The summed E-state index contributed by atoms with van der Waals surface area (Å²) >= 11 is 7.43. The zero-order valence-electron chi connectivity index (χ0n) is 15.5. The summed E-state index contributed by atoms with van der Waals surface area (Å²) in [5.74, 6) is -0.651. The Morgan fingerprint density at radius 3 is 2.71 bits per heavy atom. The molecule has 0 saturated heterocycles. The van der Waals surface area contributed by atoms with Gasteiger partial charge in [0.1, 0.15) is 0 Å². The van der Waals surface area contributed by atoms with Crippen LogP contribution in [0.25, 0.3) is 0 Å². The summed E-state index contributed by atoms with van der Waals surface area (Å²) in [6, 6.07) is 8.48. The van der Waals surface area contributed by atoms with Crippen LogP contribution in [0.15, 0.2) is 30.3 Å². The van der Waals surface area contributed by atoms with Crippen molar-refractivity contribution in [2.24, 2.45) is 5.92 Å². The Bertz CT molecular complexity index is 897. The molecule has 3 N–H and O–H groups in total. The molecule has 0 bridgehead atoms. The maximum Gasteiger partial charge on any atom is 0.279 e. The molecule has 148 valence electrons. The van der Waals surface area contributed by atoms with E-state index in [0.717, 1.165) is 25.7 Å². The second-order valence-electron chi connectivity index (χ2n) is 6.74. The molecule has 0 fully saturated rings. The van der Waals surface area contributed by atoms with Crippen molar-refractivity contribution in [2.45, 2.75) is 32.6 Å². The molecular weight excluding hydrogens is 398 g/mol. The fourth-order valence-corrected chi connectivity index (χ4v) is 4.52. The number of aryl methyl sites for hydroxylation is 1. The van der Waals surface area contributed by atoms with E-state index in [0.29, 0.717) is 15.8 Å². The van der Waals surface area contributed by atoms with Crippen LogP contribution in [-0.4, -0.2) is 24.3 Å². The number of benzene rings is 1. The van der Waals surface area contributed by atoms with Crippen LogP contribution in [0.4, 0.5) is 0 Å². The van der Waals surface area contributed by atoms with E-state index in [4.69, 9.17) is 11.6 Å². The molecule has 0 spiro atoms. The summed E-state index contributed by atoms with van der Waals surface area (Å²) in [5.41, 5.74) is 6.26. The standard InChI is InChI=1S/C20H22ClN3O3S/c1-2-12-7-8-16-13(9-12)10-17(28-16)20(27)24-23-18(25)11-22-19(26)14-5-3-4-6-15(14)21/h3-6,10,12H,2,7-9,11H2,1H3,(H,22,26)(H,23,25)(H,24,27)/t12-/m0/s1. The van der Waals surface area contributed by atoms with E-state index in [1.54, 1.807) is 24.3 Å². The number of nitrogens with one attached hydrogen (secondary N) is 3. The van der Waals surface area contributed by atoms with Gasteiger partial charge in [0, 0.05) is 4.88 Å². The number of halogens is 1. The maximum atomic E-state index is 12.3. The Morgan fingerprint density at radius 1 is 1.18 bits per heavy atom. The normalized spacial score (nSPS) is 15.4. The average molecular weight is 420 g/mol. The Labute approximate surface area is 172 Å². The van der Waals surface area contributed by atoms with Crippen LogP contribution < -0.4 is 16.2 Å². The lowest BCUT2D eigenvalue weighted by atomic mass is 9.87. The minimum Gasteiger partial charge on any atom is -0.343 e. The number of fused-ring (bicyclic) bond motifs is 1. The monoisotopic (exact) mass is 419 g/mol. The van der Waals surface area contributed by atoms with Crippen molar-refractivity contribution in [3.8, 4) is 0 Å². The molecule has 28 heavy (non-hydrogen) atoms. The number of thiophene rings is 1. The highest BCUT2D eigenvalue weighted by atomic mass is 35.5. The molecule has 2 aromatic rings. The van der Waals surface area contributed by atoms with E-state index < -0.39 is 11.8 Å². The molecule has 1 atom stereocenters. The molecular formula is C20H22ClN3O3S. The Balaban J connectivity index is 1.47. The minimum atomic E-state index is -0.527. The molecule has 1 heterocycles. The van der Waals surface area contributed by atoms with Gasteiger partial charge in [-0.1, -0.05) is 37.1 Å². The van der Waals surface area contributed by atoms with E-state index in [2.05, 4.69) is 23.1 Å². The lowest BCUT2D eigenvalue weighted by Crippen LogP contribution is -2.46. The van der Waals surface area contributed by atoms with E-state index in [-0.39, 0.29) is 18.0 Å². The number of carbonyl (C=O) groups excluding carboxylic acids is 3. The van der Waals surface area contributed by atoms with Crippen LogP contribution in [0, 0.1) is 5.92 Å². The third-order valence-corrected chi connectivity index (χ3v) is 6.39. The van der Waals surface area contributed by atoms with E-state index in [1.807, 2.05) is 6.07 Å². The van der Waals surface area contributed by atoms with Crippen LogP contribution in [0.5, 0.6) is 0 Å². The average Bonchev–Trinajstić information content (AvgIpc) is 3.13. The van der Waals surface area contributed by atoms with Gasteiger partial charge >= 0.3 is 0 Å². The summed E-state index contributed by atoms with van der Waals surface area (Å²) in [4.78, 5) is 38.1. The van der Waals surface area contributed by atoms with Crippen LogP contribution in [-0.2, 0) is 17.6 Å². The van der Waals surface area contributed by atoms with Crippen LogP contribution in [0.1, 0.15) is 50.2 Å². The highest BCUT2D eigenvalue weighted by Gasteiger charge is 2.22. The lowest BCUT2D eigenvalue weighted by molar-refractivity contribution is -0.120. The van der Waals surface area contributed by atoms with Crippen molar-refractivity contribution in [1.82, 2.24) is 16.2 Å². The molecule has 3 rings (SSSR count). The maximum absolute atomic E-state index is 12.3. The number of hydrogen-bond acceptors (Lipinski definition) is 4. The molecule has 1 aromatic carbocycles. The van der Waals surface area contributed by atoms with Crippen LogP contribution >= 0.6 is 22.9 Å². The largest absolute Gasteiger partial charge is 0.343 e. The van der Waals surface area contributed by atoms with Crippen molar-refractivity contribution in [2.75, 3.05) is 6.54 Å². The van der Waals surface area contributed by atoms with Gasteiger partial charge in [0.2, 0.25) is 0 Å².